The lowest BCUT2D eigenvalue weighted by molar-refractivity contribution is 0.0682. The first-order chi connectivity index (χ1) is 16.2. The van der Waals surface area contributed by atoms with Crippen molar-refractivity contribution < 1.29 is 9.13 Å². The van der Waals surface area contributed by atoms with E-state index in [9.17, 15) is 4.39 Å². The number of halogens is 1. The smallest absolute Gasteiger partial charge is 0.217 e. The van der Waals surface area contributed by atoms with Crippen LogP contribution in [-0.4, -0.2) is 58.7 Å². The first-order valence-corrected chi connectivity index (χ1v) is 12.4. The summed E-state index contributed by atoms with van der Waals surface area (Å²) in [6.07, 6.45) is 10.1. The molecule has 0 amide bonds. The summed E-state index contributed by atoms with van der Waals surface area (Å²) >= 11 is 0. The molecule has 0 unspecified atom stereocenters. The molecule has 0 spiro atoms. The summed E-state index contributed by atoms with van der Waals surface area (Å²) in [5, 5.41) is 1.21. The summed E-state index contributed by atoms with van der Waals surface area (Å²) in [5.41, 5.74) is 2.96. The van der Waals surface area contributed by atoms with Crippen molar-refractivity contribution in [1.82, 2.24) is 19.8 Å². The molecule has 1 saturated carbocycles. The number of pyridine rings is 1. The average Bonchev–Trinajstić information content (AvgIpc) is 3.50. The fourth-order valence-corrected chi connectivity index (χ4v) is 5.01. The highest BCUT2D eigenvalue weighted by molar-refractivity contribution is 5.82. The van der Waals surface area contributed by atoms with Crippen molar-refractivity contribution in [3.05, 3.63) is 65.9 Å². The van der Waals surface area contributed by atoms with E-state index in [0.717, 1.165) is 44.3 Å². The number of nitrogens with one attached hydrogen (secondary N) is 1. The van der Waals surface area contributed by atoms with Gasteiger partial charge in [0.2, 0.25) is 5.95 Å². The minimum absolute atomic E-state index is 0.394. The highest BCUT2D eigenvalue weighted by Gasteiger charge is 2.21. The fourth-order valence-electron chi connectivity index (χ4n) is 5.01. The Morgan fingerprint density at radius 1 is 1.00 bits per heavy atom. The molecule has 4 rings (SSSR count). The molecule has 0 atom stereocenters. The van der Waals surface area contributed by atoms with Gasteiger partial charge in [0.1, 0.15) is 0 Å². The van der Waals surface area contributed by atoms with E-state index >= 15 is 0 Å². The Morgan fingerprint density at radius 3 is 2.61 bits per heavy atom. The zero-order valence-electron chi connectivity index (χ0n) is 19.8. The standard InChI is InChI=1S/C27H37FN4O/c1-2-14-32(24-9-3-4-10-24)16-18-33-17-15-31(20-22-8-7-13-29-27(22)28)21-23-19-30-26-12-6-5-11-25(23)26/h5-8,11-13,19,24,30H,2-4,9-10,14-18,20-21H2,1H3. The molecule has 2 heterocycles. The monoisotopic (exact) mass is 452 g/mol. The summed E-state index contributed by atoms with van der Waals surface area (Å²) in [7, 11) is 0. The van der Waals surface area contributed by atoms with Gasteiger partial charge in [0.05, 0.1) is 13.2 Å². The summed E-state index contributed by atoms with van der Waals surface area (Å²) in [6, 6.07) is 12.7. The highest BCUT2D eigenvalue weighted by atomic mass is 19.1. The van der Waals surface area contributed by atoms with E-state index in [1.807, 2.05) is 12.1 Å². The number of rotatable bonds is 13. The summed E-state index contributed by atoms with van der Waals surface area (Å²) in [5.74, 6) is -0.394. The third-order valence-corrected chi connectivity index (χ3v) is 6.73. The number of benzene rings is 1. The number of hydrogen-bond acceptors (Lipinski definition) is 4. The van der Waals surface area contributed by atoms with Gasteiger partial charge in [0.25, 0.3) is 0 Å². The Hall–Kier alpha value is -2.28. The maximum absolute atomic E-state index is 14.3. The number of aromatic nitrogens is 2. The van der Waals surface area contributed by atoms with Gasteiger partial charge in [-0.2, -0.15) is 4.39 Å². The van der Waals surface area contributed by atoms with Crippen molar-refractivity contribution in [3.8, 4) is 0 Å². The van der Waals surface area contributed by atoms with Crippen molar-refractivity contribution in [2.45, 2.75) is 58.2 Å². The van der Waals surface area contributed by atoms with Crippen LogP contribution < -0.4 is 0 Å². The Balaban J connectivity index is 1.33. The topological polar surface area (TPSA) is 44.4 Å². The molecule has 5 nitrogen and oxygen atoms in total. The van der Waals surface area contributed by atoms with E-state index < -0.39 is 5.95 Å². The van der Waals surface area contributed by atoms with Gasteiger partial charge in [-0.25, -0.2) is 4.98 Å². The molecule has 1 aromatic carbocycles. The predicted octanol–water partition coefficient (Wildman–Crippen LogP) is 5.38. The Kier molecular flexibility index (Phi) is 8.86. The molecule has 6 heteroatoms. The van der Waals surface area contributed by atoms with Crippen LogP contribution in [0.5, 0.6) is 0 Å². The van der Waals surface area contributed by atoms with Crippen molar-refractivity contribution in [2.24, 2.45) is 0 Å². The summed E-state index contributed by atoms with van der Waals surface area (Å²) < 4.78 is 20.3. The van der Waals surface area contributed by atoms with Gasteiger partial charge >= 0.3 is 0 Å². The van der Waals surface area contributed by atoms with Crippen LogP contribution in [0.3, 0.4) is 0 Å². The zero-order valence-corrected chi connectivity index (χ0v) is 19.8. The van der Waals surface area contributed by atoms with E-state index in [1.54, 1.807) is 6.07 Å². The van der Waals surface area contributed by atoms with E-state index in [-0.39, 0.29) is 0 Å². The van der Waals surface area contributed by atoms with E-state index in [0.29, 0.717) is 18.7 Å². The second-order valence-corrected chi connectivity index (χ2v) is 9.11. The molecule has 0 bridgehead atoms. The van der Waals surface area contributed by atoms with Crippen molar-refractivity contribution in [1.29, 1.82) is 0 Å². The number of nitrogens with zero attached hydrogens (tertiary/aromatic N) is 3. The van der Waals surface area contributed by atoms with E-state index in [1.165, 1.54) is 49.3 Å². The number of ether oxygens (including phenoxy) is 1. The third kappa shape index (κ3) is 6.62. The number of para-hydroxylation sites is 1. The predicted molar refractivity (Wildman–Crippen MR) is 132 cm³/mol. The van der Waals surface area contributed by atoms with Gasteiger partial charge in [-0.15, -0.1) is 0 Å². The minimum atomic E-state index is -0.394. The Morgan fingerprint density at radius 2 is 1.79 bits per heavy atom. The van der Waals surface area contributed by atoms with Crippen molar-refractivity contribution in [2.75, 3.05) is 32.8 Å². The lowest BCUT2D eigenvalue weighted by atomic mass is 10.1. The van der Waals surface area contributed by atoms with Gasteiger partial charge in [0, 0.05) is 61.1 Å². The second-order valence-electron chi connectivity index (χ2n) is 9.11. The molecule has 1 fully saturated rings. The fraction of sp³-hybridized carbons (Fsp3) is 0.519. The molecule has 178 valence electrons. The number of hydrogen-bond donors (Lipinski definition) is 1. The van der Waals surface area contributed by atoms with Crippen LogP contribution in [0.15, 0.2) is 48.8 Å². The molecular weight excluding hydrogens is 415 g/mol. The van der Waals surface area contributed by atoms with Crippen LogP contribution in [-0.2, 0) is 17.8 Å². The van der Waals surface area contributed by atoms with Crippen LogP contribution in [0, 0.1) is 5.95 Å². The van der Waals surface area contributed by atoms with Crippen LogP contribution in [0.4, 0.5) is 4.39 Å². The van der Waals surface area contributed by atoms with Gasteiger partial charge in [0.15, 0.2) is 0 Å². The number of aromatic amines is 1. The lowest BCUT2D eigenvalue weighted by Gasteiger charge is -2.28. The Bertz CT molecular complexity index is 985. The van der Waals surface area contributed by atoms with Gasteiger partial charge in [-0.05, 0) is 43.5 Å². The molecule has 1 N–H and O–H groups in total. The minimum Gasteiger partial charge on any atom is -0.379 e. The molecule has 2 aromatic heterocycles. The zero-order chi connectivity index (χ0) is 22.9. The summed E-state index contributed by atoms with van der Waals surface area (Å²) in [4.78, 5) is 12.0. The summed E-state index contributed by atoms with van der Waals surface area (Å²) in [6.45, 7) is 7.76. The highest BCUT2D eigenvalue weighted by Crippen LogP contribution is 2.23. The van der Waals surface area contributed by atoms with Gasteiger partial charge < -0.3 is 9.72 Å². The maximum Gasteiger partial charge on any atom is 0.217 e. The largest absolute Gasteiger partial charge is 0.379 e. The van der Waals surface area contributed by atoms with Crippen LogP contribution in [0.25, 0.3) is 10.9 Å². The molecule has 33 heavy (non-hydrogen) atoms. The van der Waals surface area contributed by atoms with Crippen molar-refractivity contribution >= 4 is 10.9 Å². The van der Waals surface area contributed by atoms with Crippen LogP contribution in [0.2, 0.25) is 0 Å². The molecule has 0 aliphatic heterocycles. The van der Waals surface area contributed by atoms with Crippen LogP contribution >= 0.6 is 0 Å². The quantitative estimate of drug-likeness (QED) is 0.280. The molecule has 1 aliphatic carbocycles. The molecule has 1 aliphatic rings. The lowest BCUT2D eigenvalue weighted by Crippen LogP contribution is -2.37. The van der Waals surface area contributed by atoms with Crippen LogP contribution in [0.1, 0.15) is 50.2 Å². The van der Waals surface area contributed by atoms with Gasteiger partial charge in [-0.3, -0.25) is 9.80 Å². The molecule has 0 radical (unpaired) electrons. The van der Waals surface area contributed by atoms with E-state index in [2.05, 4.69) is 51.1 Å². The normalized spacial score (nSPS) is 14.8. The van der Waals surface area contributed by atoms with Crippen molar-refractivity contribution in [3.63, 3.8) is 0 Å². The van der Waals surface area contributed by atoms with E-state index in [4.69, 9.17) is 4.74 Å². The third-order valence-electron chi connectivity index (χ3n) is 6.73. The molecule has 0 saturated heterocycles. The SMILES string of the molecule is CCCN(CCOCCN(Cc1cccnc1F)Cc1c[nH]c2ccccc12)C1CCCC1. The maximum atomic E-state index is 14.3. The first-order valence-electron chi connectivity index (χ1n) is 12.4. The van der Waals surface area contributed by atoms with Gasteiger partial charge in [-0.1, -0.05) is 44.0 Å². The molecular formula is C27H37FN4O. The average molecular weight is 453 g/mol. The Labute approximate surface area is 197 Å². The number of H-pyrrole nitrogens is 1. The first kappa shape index (κ1) is 23.9. The second kappa shape index (κ2) is 12.3. The number of fused-ring (bicyclic) bond motifs is 1. The molecule has 3 aromatic rings.